The number of rotatable bonds is 2. The highest BCUT2D eigenvalue weighted by atomic mass is 14.9. The molecule has 0 atom stereocenters. The number of benzene rings is 1. The molecule has 0 saturated heterocycles. The van der Waals surface area contributed by atoms with Crippen molar-refractivity contribution in [2.24, 2.45) is 0 Å². The molecule has 0 aliphatic rings. The summed E-state index contributed by atoms with van der Waals surface area (Å²) >= 11 is 0. The van der Waals surface area contributed by atoms with Crippen molar-refractivity contribution in [3.63, 3.8) is 0 Å². The maximum atomic E-state index is 5.65. The Kier molecular flexibility index (Phi) is 2.46. The lowest BCUT2D eigenvalue weighted by Crippen LogP contribution is -1.91. The third-order valence-electron chi connectivity index (χ3n) is 2.43. The average molecular weight is 201 g/mol. The van der Waals surface area contributed by atoms with Crippen LogP contribution in [0.25, 0.3) is 11.3 Å². The molecule has 0 saturated carbocycles. The molecule has 1 heterocycles. The third-order valence-corrected chi connectivity index (χ3v) is 2.43. The van der Waals surface area contributed by atoms with Crippen molar-refractivity contribution in [2.45, 2.75) is 19.8 Å². The van der Waals surface area contributed by atoms with Gasteiger partial charge in [-0.15, -0.1) is 0 Å². The molecule has 0 amide bonds. The number of anilines is 1. The Morgan fingerprint density at radius 2 is 1.87 bits per heavy atom. The minimum absolute atomic E-state index is 0.444. The standard InChI is InChI=1S/C12H15N3/c1-8(2)11-12(15-7-14-11)9-3-5-10(13)6-4-9/h3-8H,13H2,1-2H3,(H,14,15). The number of aromatic nitrogens is 2. The molecule has 78 valence electrons. The fourth-order valence-electron chi connectivity index (χ4n) is 1.62. The van der Waals surface area contributed by atoms with E-state index in [2.05, 4.69) is 23.8 Å². The Hall–Kier alpha value is -1.77. The Morgan fingerprint density at radius 3 is 2.47 bits per heavy atom. The van der Waals surface area contributed by atoms with Crippen molar-refractivity contribution in [3.05, 3.63) is 36.3 Å². The van der Waals surface area contributed by atoms with Crippen LogP contribution in [0.15, 0.2) is 30.6 Å². The van der Waals surface area contributed by atoms with Gasteiger partial charge in [-0.25, -0.2) is 4.98 Å². The zero-order valence-electron chi connectivity index (χ0n) is 8.99. The van der Waals surface area contributed by atoms with Crippen LogP contribution in [-0.4, -0.2) is 9.97 Å². The molecule has 3 heteroatoms. The number of imidazole rings is 1. The molecule has 15 heavy (non-hydrogen) atoms. The molecule has 0 aliphatic heterocycles. The van der Waals surface area contributed by atoms with Gasteiger partial charge in [0.2, 0.25) is 0 Å². The van der Waals surface area contributed by atoms with E-state index >= 15 is 0 Å². The van der Waals surface area contributed by atoms with Gasteiger partial charge in [-0.05, 0) is 18.1 Å². The minimum Gasteiger partial charge on any atom is -0.399 e. The number of nitrogens with two attached hydrogens (primary N) is 1. The van der Waals surface area contributed by atoms with Gasteiger partial charge in [-0.1, -0.05) is 26.0 Å². The number of nitrogens with zero attached hydrogens (tertiary/aromatic N) is 1. The Morgan fingerprint density at radius 1 is 1.20 bits per heavy atom. The Balaban J connectivity index is 2.45. The summed E-state index contributed by atoms with van der Waals surface area (Å²) in [5, 5.41) is 0. The predicted octanol–water partition coefficient (Wildman–Crippen LogP) is 2.78. The molecule has 0 aliphatic carbocycles. The van der Waals surface area contributed by atoms with E-state index in [1.807, 2.05) is 24.3 Å². The highest BCUT2D eigenvalue weighted by molar-refractivity contribution is 5.64. The lowest BCUT2D eigenvalue weighted by atomic mass is 10.0. The first-order valence-corrected chi connectivity index (χ1v) is 5.07. The van der Waals surface area contributed by atoms with Gasteiger partial charge >= 0.3 is 0 Å². The fraction of sp³-hybridized carbons (Fsp3) is 0.250. The van der Waals surface area contributed by atoms with Crippen LogP contribution in [0, 0.1) is 0 Å². The van der Waals surface area contributed by atoms with Crippen molar-refractivity contribution in [1.82, 2.24) is 9.97 Å². The van der Waals surface area contributed by atoms with Gasteiger partial charge in [-0.3, -0.25) is 0 Å². The molecule has 2 aromatic rings. The predicted molar refractivity (Wildman–Crippen MR) is 62.5 cm³/mol. The van der Waals surface area contributed by atoms with Crippen LogP contribution in [0.2, 0.25) is 0 Å². The molecule has 0 fully saturated rings. The molecule has 0 radical (unpaired) electrons. The van der Waals surface area contributed by atoms with Crippen molar-refractivity contribution in [2.75, 3.05) is 5.73 Å². The van der Waals surface area contributed by atoms with E-state index in [4.69, 9.17) is 5.73 Å². The van der Waals surface area contributed by atoms with Gasteiger partial charge in [0, 0.05) is 16.9 Å². The van der Waals surface area contributed by atoms with E-state index in [1.165, 1.54) is 5.69 Å². The monoisotopic (exact) mass is 201 g/mol. The zero-order valence-corrected chi connectivity index (χ0v) is 8.99. The van der Waals surface area contributed by atoms with Crippen molar-refractivity contribution < 1.29 is 0 Å². The molecule has 0 spiro atoms. The van der Waals surface area contributed by atoms with Crippen LogP contribution >= 0.6 is 0 Å². The number of nitrogen functional groups attached to an aromatic ring is 1. The summed E-state index contributed by atoms with van der Waals surface area (Å²) in [6.07, 6.45) is 1.74. The summed E-state index contributed by atoms with van der Waals surface area (Å²) in [5.74, 6) is 0.444. The van der Waals surface area contributed by atoms with Gasteiger partial charge in [0.05, 0.1) is 12.0 Å². The number of hydrogen-bond acceptors (Lipinski definition) is 2. The van der Waals surface area contributed by atoms with Crippen LogP contribution < -0.4 is 5.73 Å². The molecule has 0 unspecified atom stereocenters. The Labute approximate surface area is 89.4 Å². The molecule has 1 aromatic heterocycles. The van der Waals surface area contributed by atoms with E-state index in [1.54, 1.807) is 6.33 Å². The third kappa shape index (κ3) is 1.86. The van der Waals surface area contributed by atoms with Crippen molar-refractivity contribution in [3.8, 4) is 11.3 Å². The van der Waals surface area contributed by atoms with Crippen LogP contribution in [0.3, 0.4) is 0 Å². The maximum Gasteiger partial charge on any atom is 0.0929 e. The second kappa shape index (κ2) is 3.77. The Bertz CT molecular complexity index is 440. The first-order valence-electron chi connectivity index (χ1n) is 5.07. The first kappa shape index (κ1) is 9.77. The fourth-order valence-corrected chi connectivity index (χ4v) is 1.62. The number of H-pyrrole nitrogens is 1. The normalized spacial score (nSPS) is 10.9. The first-order chi connectivity index (χ1) is 7.18. The topological polar surface area (TPSA) is 54.7 Å². The molecule has 3 N–H and O–H groups in total. The molecule has 0 bridgehead atoms. The minimum atomic E-state index is 0.444. The maximum absolute atomic E-state index is 5.65. The molecule has 2 rings (SSSR count). The van der Waals surface area contributed by atoms with Gasteiger partial charge in [0.1, 0.15) is 0 Å². The van der Waals surface area contributed by atoms with Crippen LogP contribution in [0.5, 0.6) is 0 Å². The number of hydrogen-bond donors (Lipinski definition) is 2. The van der Waals surface area contributed by atoms with E-state index < -0.39 is 0 Å². The van der Waals surface area contributed by atoms with E-state index in [0.717, 1.165) is 16.9 Å². The summed E-state index contributed by atoms with van der Waals surface area (Å²) < 4.78 is 0. The summed E-state index contributed by atoms with van der Waals surface area (Å²) in [7, 11) is 0. The van der Waals surface area contributed by atoms with E-state index in [0.29, 0.717) is 5.92 Å². The quantitative estimate of drug-likeness (QED) is 0.734. The lowest BCUT2D eigenvalue weighted by molar-refractivity contribution is 0.835. The number of aromatic amines is 1. The zero-order chi connectivity index (χ0) is 10.8. The molecule has 1 aromatic carbocycles. The molecular weight excluding hydrogens is 186 g/mol. The smallest absolute Gasteiger partial charge is 0.0929 e. The van der Waals surface area contributed by atoms with E-state index in [-0.39, 0.29) is 0 Å². The van der Waals surface area contributed by atoms with Gasteiger partial charge in [0.15, 0.2) is 0 Å². The van der Waals surface area contributed by atoms with Crippen LogP contribution in [0.4, 0.5) is 5.69 Å². The highest BCUT2D eigenvalue weighted by Crippen LogP contribution is 2.26. The van der Waals surface area contributed by atoms with Crippen LogP contribution in [0.1, 0.15) is 25.5 Å². The average Bonchev–Trinajstić information content (AvgIpc) is 2.67. The second-order valence-electron chi connectivity index (χ2n) is 3.94. The largest absolute Gasteiger partial charge is 0.399 e. The summed E-state index contributed by atoms with van der Waals surface area (Å²) in [6.45, 7) is 4.29. The summed E-state index contributed by atoms with van der Waals surface area (Å²) in [6, 6.07) is 7.79. The molecule has 3 nitrogen and oxygen atoms in total. The van der Waals surface area contributed by atoms with Gasteiger partial charge in [0.25, 0.3) is 0 Å². The highest BCUT2D eigenvalue weighted by Gasteiger charge is 2.10. The van der Waals surface area contributed by atoms with Crippen molar-refractivity contribution in [1.29, 1.82) is 0 Å². The lowest BCUT2D eigenvalue weighted by Gasteiger charge is -2.05. The van der Waals surface area contributed by atoms with Gasteiger partial charge < -0.3 is 10.7 Å². The van der Waals surface area contributed by atoms with Crippen molar-refractivity contribution >= 4 is 5.69 Å². The van der Waals surface area contributed by atoms with Crippen LogP contribution in [-0.2, 0) is 0 Å². The van der Waals surface area contributed by atoms with E-state index in [9.17, 15) is 0 Å². The summed E-state index contributed by atoms with van der Waals surface area (Å²) in [4.78, 5) is 7.52. The number of nitrogens with one attached hydrogen (secondary N) is 1. The molecular formula is C12H15N3. The summed E-state index contributed by atoms with van der Waals surface area (Å²) in [5.41, 5.74) is 9.72. The van der Waals surface area contributed by atoms with Gasteiger partial charge in [-0.2, -0.15) is 0 Å². The SMILES string of the molecule is CC(C)c1[nH]cnc1-c1ccc(N)cc1. The second-order valence-corrected chi connectivity index (χ2v) is 3.94.